The second-order valence-electron chi connectivity index (χ2n) is 22.6. The highest BCUT2D eigenvalue weighted by atomic mass is 15.5. The van der Waals surface area contributed by atoms with Crippen LogP contribution in [0.25, 0.3) is 0 Å². The lowest BCUT2D eigenvalue weighted by molar-refractivity contribution is 0.286. The number of aryl methyl sites for hydroxylation is 6. The Morgan fingerprint density at radius 1 is 0.283 bits per heavy atom. The van der Waals surface area contributed by atoms with Gasteiger partial charge in [-0.15, -0.1) is 0 Å². The van der Waals surface area contributed by atoms with Gasteiger partial charge < -0.3 is 27.6 Å². The highest BCUT2D eigenvalue weighted by molar-refractivity contribution is 6.53. The number of aromatic nitrogens is 12. The summed E-state index contributed by atoms with van der Waals surface area (Å²) >= 11 is 0. The van der Waals surface area contributed by atoms with Crippen LogP contribution in [-0.2, 0) is 32.5 Å². The van der Waals surface area contributed by atoms with Gasteiger partial charge >= 0.3 is 0 Å². The van der Waals surface area contributed by atoms with Gasteiger partial charge in [-0.1, -0.05) is 111 Å². The van der Waals surface area contributed by atoms with E-state index in [0.717, 1.165) is 68.3 Å². The van der Waals surface area contributed by atoms with Crippen molar-refractivity contribution in [3.8, 4) is 0 Å². The van der Waals surface area contributed by atoms with E-state index >= 15 is 0 Å². The van der Waals surface area contributed by atoms with Gasteiger partial charge in [0.05, 0.1) is 34.2 Å². The molecule has 14 heteroatoms. The largest absolute Gasteiger partial charge is 0.422 e. The van der Waals surface area contributed by atoms with Gasteiger partial charge in [-0.3, -0.25) is 0 Å². The zero-order chi connectivity index (χ0) is 45.0. The Hall–Kier alpha value is -4.61. The molecule has 6 rings (SSSR count). The maximum absolute atomic E-state index is 5.52. The molecule has 6 heterocycles. The van der Waals surface area contributed by atoms with Gasteiger partial charge in [-0.05, 0) is 112 Å². The topological polar surface area (TPSA) is 107 Å². The number of nitrogens with zero attached hydrogens (tertiary/aromatic N) is 12. The third-order valence-electron chi connectivity index (χ3n) is 12.8. The van der Waals surface area contributed by atoms with Crippen molar-refractivity contribution >= 4 is 14.2 Å². The molecule has 0 aliphatic heterocycles. The molecule has 324 valence electrons. The Bertz CT molecular complexity index is 2230. The molecule has 2 radical (unpaired) electrons. The van der Waals surface area contributed by atoms with Crippen molar-refractivity contribution in [2.24, 2.45) is 0 Å². The van der Waals surface area contributed by atoms with Gasteiger partial charge in [0.1, 0.15) is 0 Å². The summed E-state index contributed by atoms with van der Waals surface area (Å²) in [5.74, 6) is 0. The molecule has 60 heavy (non-hydrogen) atoms. The summed E-state index contributed by atoms with van der Waals surface area (Å²) in [5, 5.41) is 32.0. The lowest BCUT2D eigenvalue weighted by atomic mass is 9.64. The fraction of sp³-hybridized carbons (Fsp3) is 0.609. The molecule has 0 bridgehead atoms. The lowest BCUT2D eigenvalue weighted by Gasteiger charge is -2.40. The van der Waals surface area contributed by atoms with Crippen molar-refractivity contribution in [1.82, 2.24) is 58.1 Å². The van der Waals surface area contributed by atoms with E-state index in [0.29, 0.717) is 0 Å². The second-order valence-corrected chi connectivity index (χ2v) is 22.6. The Morgan fingerprint density at radius 2 is 0.433 bits per heavy atom. The molecule has 0 spiro atoms. The van der Waals surface area contributed by atoms with Crippen LogP contribution >= 0.6 is 0 Å². The molecule has 12 nitrogen and oxygen atoms in total. The van der Waals surface area contributed by atoms with E-state index in [9.17, 15) is 0 Å². The molecule has 0 aromatic carbocycles. The van der Waals surface area contributed by atoms with Gasteiger partial charge in [0.2, 0.25) is 0 Å². The van der Waals surface area contributed by atoms with Crippen LogP contribution in [0.15, 0.2) is 36.4 Å². The Kier molecular flexibility index (Phi) is 10.9. The predicted molar refractivity (Wildman–Crippen MR) is 247 cm³/mol. The van der Waals surface area contributed by atoms with Crippen LogP contribution in [0.5, 0.6) is 0 Å². The second kappa shape index (κ2) is 14.5. The van der Waals surface area contributed by atoms with Crippen molar-refractivity contribution in [3.05, 3.63) is 105 Å². The standard InChI is InChI=1S/C46H72B2N12/c1-29-23-35(41(7,8)9)49-55(29)47(56-30(2)24-36(50-56)42(10,11)12)59-33(5)27-39(53-59)45(19,20)46(21,22)40-28-34(6)60(54-40)48(57-31(3)25-37(51-57)43(13,14)15)58-32(4)26-38(52-58)44(16,17)18/h23-28H,1-22H3/q-2. The highest BCUT2D eigenvalue weighted by Gasteiger charge is 2.44. The predicted octanol–water partition coefficient (Wildman–Crippen LogP) is 9.02. The molecule has 0 unspecified atom stereocenters. The minimum absolute atomic E-state index is 0.122. The van der Waals surface area contributed by atoms with E-state index in [1.54, 1.807) is 0 Å². The lowest BCUT2D eigenvalue weighted by Crippen LogP contribution is -2.47. The average Bonchev–Trinajstić information content (AvgIpc) is 3.95. The molecule has 0 N–H and O–H groups in total. The summed E-state index contributed by atoms with van der Waals surface area (Å²) in [4.78, 5) is 0. The maximum atomic E-state index is 5.52. The molecular weight excluding hydrogens is 742 g/mol. The first kappa shape index (κ1) is 44.9. The molecule has 0 aliphatic carbocycles. The minimum Gasteiger partial charge on any atom is -0.422 e. The summed E-state index contributed by atoms with van der Waals surface area (Å²) in [7, 11) is -0.893. The van der Waals surface area contributed by atoms with Gasteiger partial charge in [-0.25, -0.2) is 30.6 Å². The van der Waals surface area contributed by atoms with Crippen LogP contribution in [0.1, 0.15) is 179 Å². The van der Waals surface area contributed by atoms with Crippen LogP contribution in [0.3, 0.4) is 0 Å². The molecule has 6 aromatic rings. The monoisotopic (exact) mass is 815 g/mol. The Morgan fingerprint density at radius 3 is 0.583 bits per heavy atom. The summed E-state index contributed by atoms with van der Waals surface area (Å²) in [6.45, 7) is 48.4. The van der Waals surface area contributed by atoms with Crippen LogP contribution in [0, 0.1) is 41.5 Å². The Balaban J connectivity index is 1.49. The van der Waals surface area contributed by atoms with Crippen LogP contribution in [0.2, 0.25) is 0 Å². The molecule has 0 atom stereocenters. The third-order valence-corrected chi connectivity index (χ3v) is 12.8. The highest BCUT2D eigenvalue weighted by Crippen LogP contribution is 2.43. The number of rotatable bonds is 9. The minimum atomic E-state index is -0.470. The smallest absolute Gasteiger partial charge is 0.261 e. The van der Waals surface area contributed by atoms with Gasteiger partial charge in [-0.2, -0.15) is 0 Å². The van der Waals surface area contributed by atoms with Gasteiger partial charge in [0.25, 0.3) is 14.2 Å². The van der Waals surface area contributed by atoms with Crippen molar-refractivity contribution in [3.63, 3.8) is 0 Å². The van der Waals surface area contributed by atoms with Crippen LogP contribution < -0.4 is 0 Å². The summed E-state index contributed by atoms with van der Waals surface area (Å²) in [6, 6.07) is 13.2. The molecular formula is C46H72B2N12-2. The Labute approximate surface area is 360 Å². The fourth-order valence-electron chi connectivity index (χ4n) is 7.67. The molecule has 0 saturated heterocycles. The summed E-state index contributed by atoms with van der Waals surface area (Å²) in [6.07, 6.45) is 0. The van der Waals surface area contributed by atoms with E-state index in [1.807, 2.05) is 0 Å². The normalized spacial score (nSPS) is 13.8. The van der Waals surface area contributed by atoms with Crippen molar-refractivity contribution in [2.75, 3.05) is 0 Å². The first-order chi connectivity index (χ1) is 27.2. The number of hydrogen-bond donors (Lipinski definition) is 0. The average molecular weight is 815 g/mol. The number of hydrogen-bond acceptors (Lipinski definition) is 6. The molecule has 0 saturated carbocycles. The molecule has 6 aromatic heterocycles. The van der Waals surface area contributed by atoms with Crippen molar-refractivity contribution in [1.29, 1.82) is 0 Å². The van der Waals surface area contributed by atoms with Crippen molar-refractivity contribution < 1.29 is 0 Å². The third kappa shape index (κ3) is 7.88. The first-order valence-electron chi connectivity index (χ1n) is 21.6. The zero-order valence-electron chi connectivity index (χ0n) is 41.0. The van der Waals surface area contributed by atoms with E-state index in [4.69, 9.17) is 30.6 Å². The summed E-state index contributed by atoms with van der Waals surface area (Å²) < 4.78 is 12.6. The molecule has 0 amide bonds. The van der Waals surface area contributed by atoms with E-state index in [1.165, 1.54) is 0 Å². The quantitative estimate of drug-likeness (QED) is 0.135. The maximum Gasteiger partial charge on any atom is 0.261 e. The van der Waals surface area contributed by atoms with Gasteiger partial charge in [0, 0.05) is 32.5 Å². The molecule has 0 fully saturated rings. The van der Waals surface area contributed by atoms with E-state index < -0.39 is 25.1 Å². The SMILES string of the molecule is Cc1cc(C(C)(C)C)nn1[B-](n1nc(C(C)(C)C)cc1C)n1nc(C(C)(C)C(C)(C)c2cc(C)n([B-](n3nc(C(C)(C)C)cc3C)n3nc(C(C)(C)C)cc3C)n2)cc1C. The van der Waals surface area contributed by atoms with Crippen molar-refractivity contribution in [2.45, 2.75) is 185 Å². The summed E-state index contributed by atoms with van der Waals surface area (Å²) in [5.41, 5.74) is 10.9. The zero-order valence-corrected chi connectivity index (χ0v) is 41.0. The van der Waals surface area contributed by atoms with E-state index in [2.05, 4.69) is 216 Å². The van der Waals surface area contributed by atoms with Crippen LogP contribution in [-0.4, -0.2) is 72.4 Å². The molecule has 0 aliphatic rings. The van der Waals surface area contributed by atoms with Crippen LogP contribution in [0.4, 0.5) is 0 Å². The first-order valence-corrected chi connectivity index (χ1v) is 21.6. The van der Waals surface area contributed by atoms with E-state index in [-0.39, 0.29) is 21.7 Å². The fourth-order valence-corrected chi connectivity index (χ4v) is 7.67. The van der Waals surface area contributed by atoms with Gasteiger partial charge in [0.15, 0.2) is 0 Å².